The van der Waals surface area contributed by atoms with Gasteiger partial charge in [0.25, 0.3) is 0 Å². The number of rotatable bonds is 3. The van der Waals surface area contributed by atoms with Crippen LogP contribution in [0.15, 0.2) is 42.5 Å². The van der Waals surface area contributed by atoms with E-state index in [-0.39, 0.29) is 0 Å². The Morgan fingerprint density at radius 3 is 2.12 bits per heavy atom. The first-order chi connectivity index (χ1) is 8.22. The molecule has 2 heteroatoms. The van der Waals surface area contributed by atoms with E-state index < -0.39 is 0 Å². The minimum absolute atomic E-state index is 1.12. The van der Waals surface area contributed by atoms with Crippen LogP contribution < -0.4 is 10.6 Å². The Bertz CT molecular complexity index is 518. The van der Waals surface area contributed by atoms with E-state index in [1.165, 1.54) is 11.1 Å². The Morgan fingerprint density at radius 2 is 1.41 bits per heavy atom. The molecule has 0 saturated carbocycles. The first-order valence-corrected chi connectivity index (χ1v) is 5.82. The summed E-state index contributed by atoms with van der Waals surface area (Å²) in [7, 11) is 1.94. The highest BCUT2D eigenvalue weighted by Crippen LogP contribution is 2.29. The lowest BCUT2D eigenvalue weighted by Crippen LogP contribution is -2.00. The Morgan fingerprint density at radius 1 is 0.765 bits per heavy atom. The highest BCUT2D eigenvalue weighted by molar-refractivity contribution is 5.78. The van der Waals surface area contributed by atoms with Crippen LogP contribution in [0.5, 0.6) is 0 Å². The van der Waals surface area contributed by atoms with Gasteiger partial charge in [0.1, 0.15) is 0 Å². The topological polar surface area (TPSA) is 24.1 Å². The first-order valence-electron chi connectivity index (χ1n) is 5.82. The van der Waals surface area contributed by atoms with Gasteiger partial charge in [-0.15, -0.1) is 0 Å². The molecule has 0 spiro atoms. The van der Waals surface area contributed by atoms with Gasteiger partial charge < -0.3 is 10.6 Å². The van der Waals surface area contributed by atoms with Crippen molar-refractivity contribution in [1.29, 1.82) is 0 Å². The van der Waals surface area contributed by atoms with Crippen LogP contribution >= 0.6 is 0 Å². The van der Waals surface area contributed by atoms with Gasteiger partial charge in [0.15, 0.2) is 0 Å². The quantitative estimate of drug-likeness (QED) is 0.823. The molecule has 0 unspecified atom stereocenters. The second-order valence-electron chi connectivity index (χ2n) is 4.19. The number of benzene rings is 2. The van der Waals surface area contributed by atoms with Gasteiger partial charge in [-0.2, -0.15) is 0 Å². The van der Waals surface area contributed by atoms with Crippen LogP contribution in [0.25, 0.3) is 0 Å². The van der Waals surface area contributed by atoms with E-state index in [1.807, 2.05) is 13.1 Å². The first kappa shape index (κ1) is 11.5. The lowest BCUT2D eigenvalue weighted by atomic mass is 10.1. The summed E-state index contributed by atoms with van der Waals surface area (Å²) < 4.78 is 0. The van der Waals surface area contributed by atoms with Gasteiger partial charge in [0.2, 0.25) is 0 Å². The van der Waals surface area contributed by atoms with Crippen molar-refractivity contribution in [2.45, 2.75) is 13.8 Å². The van der Waals surface area contributed by atoms with Gasteiger partial charge in [-0.25, -0.2) is 0 Å². The van der Waals surface area contributed by atoms with Crippen molar-refractivity contribution in [3.05, 3.63) is 53.6 Å². The smallest absolute Gasteiger partial charge is 0.0649 e. The molecule has 0 bridgehead atoms. The van der Waals surface area contributed by atoms with Gasteiger partial charge in [0, 0.05) is 12.7 Å². The molecule has 0 amide bonds. The van der Waals surface area contributed by atoms with E-state index in [2.05, 4.69) is 60.9 Å². The third-order valence-corrected chi connectivity index (χ3v) is 2.95. The summed E-state index contributed by atoms with van der Waals surface area (Å²) in [6.07, 6.45) is 0. The molecular weight excluding hydrogens is 208 g/mol. The van der Waals surface area contributed by atoms with Crippen molar-refractivity contribution in [1.82, 2.24) is 0 Å². The Balaban J connectivity index is 2.39. The van der Waals surface area contributed by atoms with Gasteiger partial charge in [-0.3, -0.25) is 0 Å². The zero-order chi connectivity index (χ0) is 12.3. The number of para-hydroxylation sites is 2. The number of anilines is 3. The molecule has 0 radical (unpaired) electrons. The predicted molar refractivity (Wildman–Crippen MR) is 75.2 cm³/mol. The average Bonchev–Trinajstić information content (AvgIpc) is 2.34. The fraction of sp³-hybridized carbons (Fsp3) is 0.200. The highest BCUT2D eigenvalue weighted by Gasteiger charge is 2.05. The van der Waals surface area contributed by atoms with Crippen molar-refractivity contribution in [3.8, 4) is 0 Å². The van der Waals surface area contributed by atoms with Gasteiger partial charge in [-0.1, -0.05) is 30.3 Å². The van der Waals surface area contributed by atoms with E-state index >= 15 is 0 Å². The summed E-state index contributed by atoms with van der Waals surface area (Å²) in [6, 6.07) is 14.6. The molecule has 88 valence electrons. The molecule has 0 heterocycles. The molecule has 2 N–H and O–H groups in total. The molecule has 17 heavy (non-hydrogen) atoms. The molecule has 2 nitrogen and oxygen atoms in total. The van der Waals surface area contributed by atoms with Crippen molar-refractivity contribution < 1.29 is 0 Å². The summed E-state index contributed by atoms with van der Waals surface area (Å²) in [5, 5.41) is 6.71. The molecule has 0 aromatic heterocycles. The largest absolute Gasteiger partial charge is 0.386 e. The molecule has 0 aliphatic rings. The van der Waals surface area contributed by atoms with Crippen molar-refractivity contribution in [3.63, 3.8) is 0 Å². The van der Waals surface area contributed by atoms with Crippen LogP contribution in [0.2, 0.25) is 0 Å². The summed E-state index contributed by atoms with van der Waals surface area (Å²) >= 11 is 0. The fourth-order valence-corrected chi connectivity index (χ4v) is 1.89. The van der Waals surface area contributed by atoms with Crippen LogP contribution in [0, 0.1) is 13.8 Å². The van der Waals surface area contributed by atoms with Gasteiger partial charge in [-0.05, 0) is 37.1 Å². The van der Waals surface area contributed by atoms with E-state index in [0.717, 1.165) is 17.1 Å². The summed E-state index contributed by atoms with van der Waals surface area (Å²) in [5.74, 6) is 0. The summed E-state index contributed by atoms with van der Waals surface area (Å²) in [6.45, 7) is 4.22. The minimum Gasteiger partial charge on any atom is -0.386 e. The third-order valence-electron chi connectivity index (χ3n) is 2.95. The number of hydrogen-bond donors (Lipinski definition) is 2. The highest BCUT2D eigenvalue weighted by atomic mass is 14.9. The molecular formula is C15H18N2. The van der Waals surface area contributed by atoms with Crippen LogP contribution in [0.3, 0.4) is 0 Å². The molecule has 2 aromatic rings. The third kappa shape index (κ3) is 2.41. The SMILES string of the molecule is CNc1cccc(C)c1Nc1ccccc1C. The lowest BCUT2D eigenvalue weighted by Gasteiger charge is -2.16. The molecule has 2 aromatic carbocycles. The maximum Gasteiger partial charge on any atom is 0.0649 e. The fourth-order valence-electron chi connectivity index (χ4n) is 1.89. The van der Waals surface area contributed by atoms with Crippen LogP contribution in [0.1, 0.15) is 11.1 Å². The average molecular weight is 226 g/mol. The number of aryl methyl sites for hydroxylation is 2. The molecule has 2 rings (SSSR count). The zero-order valence-corrected chi connectivity index (χ0v) is 10.5. The van der Waals surface area contributed by atoms with Crippen LogP contribution in [0.4, 0.5) is 17.1 Å². The van der Waals surface area contributed by atoms with Crippen molar-refractivity contribution >= 4 is 17.1 Å². The maximum atomic E-state index is 3.50. The molecule has 0 aliphatic carbocycles. The normalized spacial score (nSPS) is 10.1. The summed E-state index contributed by atoms with van der Waals surface area (Å²) in [4.78, 5) is 0. The van der Waals surface area contributed by atoms with E-state index in [0.29, 0.717) is 0 Å². The molecule has 0 atom stereocenters. The second kappa shape index (κ2) is 4.91. The Hall–Kier alpha value is -1.96. The molecule has 0 aliphatic heterocycles. The standard InChI is InChI=1S/C15H18N2/c1-11-7-4-5-9-13(11)17-15-12(2)8-6-10-14(15)16-3/h4-10,16-17H,1-3H3. The van der Waals surface area contributed by atoms with Crippen LogP contribution in [-0.2, 0) is 0 Å². The van der Waals surface area contributed by atoms with Gasteiger partial charge >= 0.3 is 0 Å². The van der Waals surface area contributed by atoms with E-state index in [1.54, 1.807) is 0 Å². The second-order valence-corrected chi connectivity index (χ2v) is 4.19. The lowest BCUT2D eigenvalue weighted by molar-refractivity contribution is 1.37. The van der Waals surface area contributed by atoms with E-state index in [9.17, 15) is 0 Å². The maximum absolute atomic E-state index is 3.50. The minimum atomic E-state index is 1.12. The monoisotopic (exact) mass is 226 g/mol. The number of hydrogen-bond acceptors (Lipinski definition) is 2. The van der Waals surface area contributed by atoms with Crippen molar-refractivity contribution in [2.75, 3.05) is 17.7 Å². The van der Waals surface area contributed by atoms with Crippen molar-refractivity contribution in [2.24, 2.45) is 0 Å². The zero-order valence-electron chi connectivity index (χ0n) is 10.5. The number of nitrogens with one attached hydrogen (secondary N) is 2. The van der Waals surface area contributed by atoms with E-state index in [4.69, 9.17) is 0 Å². The van der Waals surface area contributed by atoms with Crippen LogP contribution in [-0.4, -0.2) is 7.05 Å². The van der Waals surface area contributed by atoms with Gasteiger partial charge in [0.05, 0.1) is 11.4 Å². The Labute approximate surface area is 103 Å². The Kier molecular flexibility index (Phi) is 3.33. The molecule has 0 fully saturated rings. The summed E-state index contributed by atoms with van der Waals surface area (Å²) in [5.41, 5.74) is 5.90. The predicted octanol–water partition coefficient (Wildman–Crippen LogP) is 4.09. The molecule has 0 saturated heterocycles.